The molecule has 0 bridgehead atoms. The van der Waals surface area contributed by atoms with E-state index < -0.39 is 0 Å². The Bertz CT molecular complexity index is 938. The number of benzene rings is 1. The molecule has 7 heteroatoms. The Morgan fingerprint density at radius 3 is 2.50 bits per heavy atom. The number of amides is 2. The third-order valence-electron chi connectivity index (χ3n) is 4.47. The van der Waals surface area contributed by atoms with Crippen molar-refractivity contribution in [1.82, 2.24) is 25.4 Å². The number of hydrogen-bond acceptors (Lipinski definition) is 4. The molecular formula is C21H23N5O2. The Labute approximate surface area is 163 Å². The van der Waals surface area contributed by atoms with Crippen LogP contribution in [-0.4, -0.2) is 40.2 Å². The zero-order valence-electron chi connectivity index (χ0n) is 15.9. The van der Waals surface area contributed by atoms with Gasteiger partial charge in [-0.15, -0.1) is 0 Å². The highest BCUT2D eigenvalue weighted by Gasteiger charge is 2.22. The van der Waals surface area contributed by atoms with Gasteiger partial charge in [-0.2, -0.15) is 5.10 Å². The summed E-state index contributed by atoms with van der Waals surface area (Å²) >= 11 is 0. The molecular weight excluding hydrogens is 354 g/mol. The van der Waals surface area contributed by atoms with Gasteiger partial charge in [-0.3, -0.25) is 19.3 Å². The van der Waals surface area contributed by atoms with Gasteiger partial charge in [0.05, 0.1) is 6.04 Å². The SMILES string of the molecule is CNC(=O)c1cc(C(=O)NCCc2ccccn2)n([C@@H](C)c2ccccc2)n1. The Morgan fingerprint density at radius 2 is 1.82 bits per heavy atom. The minimum atomic E-state index is -0.332. The molecule has 2 aromatic heterocycles. The molecule has 0 aliphatic heterocycles. The van der Waals surface area contributed by atoms with Crippen LogP contribution >= 0.6 is 0 Å². The Hall–Kier alpha value is -3.48. The summed E-state index contributed by atoms with van der Waals surface area (Å²) in [6, 6.07) is 16.7. The monoisotopic (exact) mass is 377 g/mol. The molecule has 144 valence electrons. The number of rotatable bonds is 7. The van der Waals surface area contributed by atoms with E-state index in [9.17, 15) is 9.59 Å². The molecule has 3 aromatic rings. The number of nitrogens with one attached hydrogen (secondary N) is 2. The lowest BCUT2D eigenvalue weighted by atomic mass is 10.1. The normalized spacial score (nSPS) is 11.6. The van der Waals surface area contributed by atoms with E-state index in [1.807, 2.05) is 55.5 Å². The minimum Gasteiger partial charge on any atom is -0.354 e. The Kier molecular flexibility index (Phi) is 6.16. The second-order valence-electron chi connectivity index (χ2n) is 6.35. The van der Waals surface area contributed by atoms with Gasteiger partial charge in [-0.1, -0.05) is 36.4 Å². The second kappa shape index (κ2) is 8.94. The van der Waals surface area contributed by atoms with Crippen molar-refractivity contribution in [1.29, 1.82) is 0 Å². The molecule has 0 aliphatic carbocycles. The third-order valence-corrected chi connectivity index (χ3v) is 4.47. The van der Waals surface area contributed by atoms with Crippen LogP contribution in [0.3, 0.4) is 0 Å². The van der Waals surface area contributed by atoms with Crippen LogP contribution in [0.15, 0.2) is 60.8 Å². The highest BCUT2D eigenvalue weighted by atomic mass is 16.2. The second-order valence-corrected chi connectivity index (χ2v) is 6.35. The molecule has 2 heterocycles. The molecule has 7 nitrogen and oxygen atoms in total. The lowest BCUT2D eigenvalue weighted by Crippen LogP contribution is -2.29. The molecule has 2 N–H and O–H groups in total. The first kappa shape index (κ1) is 19.3. The zero-order valence-corrected chi connectivity index (χ0v) is 15.9. The summed E-state index contributed by atoms with van der Waals surface area (Å²) in [6.45, 7) is 2.39. The van der Waals surface area contributed by atoms with Crippen molar-refractivity contribution in [3.05, 3.63) is 83.4 Å². The van der Waals surface area contributed by atoms with E-state index in [0.29, 0.717) is 18.7 Å². The lowest BCUT2D eigenvalue weighted by molar-refractivity contribution is 0.0938. The average Bonchev–Trinajstić information content (AvgIpc) is 3.19. The summed E-state index contributed by atoms with van der Waals surface area (Å²) in [7, 11) is 1.54. The van der Waals surface area contributed by atoms with Crippen LogP contribution in [0.1, 0.15) is 45.2 Å². The van der Waals surface area contributed by atoms with Gasteiger partial charge < -0.3 is 10.6 Å². The lowest BCUT2D eigenvalue weighted by Gasteiger charge is -2.16. The van der Waals surface area contributed by atoms with Gasteiger partial charge in [0.1, 0.15) is 5.69 Å². The van der Waals surface area contributed by atoms with Gasteiger partial charge in [0.15, 0.2) is 5.69 Å². The quantitative estimate of drug-likeness (QED) is 0.661. The van der Waals surface area contributed by atoms with E-state index in [1.165, 1.54) is 13.1 Å². The number of pyridine rings is 1. The maximum Gasteiger partial charge on any atom is 0.271 e. The molecule has 0 saturated carbocycles. The summed E-state index contributed by atoms with van der Waals surface area (Å²) in [5.41, 5.74) is 2.45. The van der Waals surface area contributed by atoms with Crippen LogP contribution in [-0.2, 0) is 6.42 Å². The van der Waals surface area contributed by atoms with Crippen molar-refractivity contribution in [3.63, 3.8) is 0 Å². The van der Waals surface area contributed by atoms with Gasteiger partial charge in [-0.05, 0) is 24.6 Å². The molecule has 0 aliphatic rings. The van der Waals surface area contributed by atoms with E-state index in [0.717, 1.165) is 11.3 Å². The highest BCUT2D eigenvalue weighted by Crippen LogP contribution is 2.20. The van der Waals surface area contributed by atoms with Crippen molar-refractivity contribution in [2.45, 2.75) is 19.4 Å². The van der Waals surface area contributed by atoms with Gasteiger partial charge in [-0.25, -0.2) is 0 Å². The van der Waals surface area contributed by atoms with Crippen LogP contribution in [0.5, 0.6) is 0 Å². The van der Waals surface area contributed by atoms with E-state index >= 15 is 0 Å². The summed E-state index contributed by atoms with van der Waals surface area (Å²) in [6.07, 6.45) is 2.35. The Morgan fingerprint density at radius 1 is 1.07 bits per heavy atom. The molecule has 28 heavy (non-hydrogen) atoms. The fraction of sp³-hybridized carbons (Fsp3) is 0.238. The molecule has 0 radical (unpaired) electrons. The molecule has 2 amide bonds. The molecule has 0 spiro atoms. The maximum absolute atomic E-state index is 12.8. The van der Waals surface area contributed by atoms with E-state index in [2.05, 4.69) is 20.7 Å². The van der Waals surface area contributed by atoms with E-state index in [4.69, 9.17) is 0 Å². The summed E-state index contributed by atoms with van der Waals surface area (Å²) in [5.74, 6) is -0.608. The topological polar surface area (TPSA) is 88.9 Å². The molecule has 1 aromatic carbocycles. The predicted molar refractivity (Wildman–Crippen MR) is 106 cm³/mol. The van der Waals surface area contributed by atoms with Gasteiger partial charge >= 0.3 is 0 Å². The number of aromatic nitrogens is 3. The fourth-order valence-corrected chi connectivity index (χ4v) is 2.91. The van der Waals surface area contributed by atoms with Crippen molar-refractivity contribution in [2.75, 3.05) is 13.6 Å². The van der Waals surface area contributed by atoms with Crippen LogP contribution < -0.4 is 10.6 Å². The first-order valence-corrected chi connectivity index (χ1v) is 9.15. The predicted octanol–water partition coefficient (Wildman–Crippen LogP) is 2.22. The molecule has 0 fully saturated rings. The molecule has 0 unspecified atom stereocenters. The van der Waals surface area contributed by atoms with Gasteiger partial charge in [0, 0.05) is 38.0 Å². The zero-order chi connectivity index (χ0) is 19.9. The standard InChI is InChI=1S/C21H23N5O2/c1-15(16-8-4-3-5-9-16)26-19(14-18(25-26)20(27)22-2)21(28)24-13-11-17-10-6-7-12-23-17/h3-10,12,14-15H,11,13H2,1-2H3,(H,22,27)(H,24,28)/t15-/m0/s1. The van der Waals surface area contributed by atoms with Crippen LogP contribution in [0.25, 0.3) is 0 Å². The van der Waals surface area contributed by atoms with Crippen LogP contribution in [0.4, 0.5) is 0 Å². The summed E-state index contributed by atoms with van der Waals surface area (Å²) in [4.78, 5) is 29.1. The smallest absolute Gasteiger partial charge is 0.271 e. The number of carbonyl (C=O) groups is 2. The molecule has 3 rings (SSSR count). The van der Waals surface area contributed by atoms with E-state index in [1.54, 1.807) is 10.9 Å². The van der Waals surface area contributed by atoms with Crippen molar-refractivity contribution >= 4 is 11.8 Å². The van der Waals surface area contributed by atoms with Crippen LogP contribution in [0.2, 0.25) is 0 Å². The number of carbonyl (C=O) groups excluding carboxylic acids is 2. The third kappa shape index (κ3) is 4.43. The fourth-order valence-electron chi connectivity index (χ4n) is 2.91. The molecule has 0 saturated heterocycles. The minimum absolute atomic E-state index is 0.198. The number of hydrogen-bond donors (Lipinski definition) is 2. The largest absolute Gasteiger partial charge is 0.354 e. The first-order chi connectivity index (χ1) is 13.6. The Balaban J connectivity index is 1.80. The number of nitrogens with zero attached hydrogens (tertiary/aromatic N) is 3. The first-order valence-electron chi connectivity index (χ1n) is 9.15. The van der Waals surface area contributed by atoms with Gasteiger partial charge in [0.2, 0.25) is 0 Å². The maximum atomic E-state index is 12.8. The summed E-state index contributed by atoms with van der Waals surface area (Å²) in [5, 5.41) is 9.82. The highest BCUT2D eigenvalue weighted by molar-refractivity contribution is 5.97. The summed E-state index contributed by atoms with van der Waals surface area (Å²) < 4.78 is 1.59. The van der Waals surface area contributed by atoms with Crippen LogP contribution in [0, 0.1) is 0 Å². The van der Waals surface area contributed by atoms with Gasteiger partial charge in [0.25, 0.3) is 11.8 Å². The van der Waals surface area contributed by atoms with Crippen molar-refractivity contribution < 1.29 is 9.59 Å². The average molecular weight is 377 g/mol. The van der Waals surface area contributed by atoms with Crippen molar-refractivity contribution in [2.24, 2.45) is 0 Å². The van der Waals surface area contributed by atoms with E-state index in [-0.39, 0.29) is 23.6 Å². The molecule has 1 atom stereocenters. The van der Waals surface area contributed by atoms with Crippen molar-refractivity contribution in [3.8, 4) is 0 Å².